The van der Waals surface area contributed by atoms with Gasteiger partial charge in [0, 0.05) is 11.6 Å². The average Bonchev–Trinajstić information content (AvgIpc) is 2.40. The lowest BCUT2D eigenvalue weighted by Gasteiger charge is -2.20. The van der Waals surface area contributed by atoms with Crippen LogP contribution in [0.1, 0.15) is 34.1 Å². The van der Waals surface area contributed by atoms with Gasteiger partial charge in [0.25, 0.3) is 0 Å². The maximum absolute atomic E-state index is 11.2. The quantitative estimate of drug-likeness (QED) is 0.615. The van der Waals surface area contributed by atoms with Crippen molar-refractivity contribution in [3.63, 3.8) is 0 Å². The molecule has 12 heavy (non-hydrogen) atoms. The topological polar surface area (TPSA) is 41.1 Å². The number of carbonyl (C=O) groups is 1. The van der Waals surface area contributed by atoms with E-state index in [4.69, 9.17) is 0 Å². The van der Waals surface area contributed by atoms with Crippen molar-refractivity contribution >= 4 is 6.03 Å². The van der Waals surface area contributed by atoms with E-state index in [1.807, 2.05) is 20.8 Å². The fourth-order valence-corrected chi connectivity index (χ4v) is 1.07. The average molecular weight is 170 g/mol. The number of hydrogen-bond acceptors (Lipinski definition) is 1. The Balaban J connectivity index is 2.21. The second-order valence-corrected chi connectivity index (χ2v) is 4.67. The summed E-state index contributed by atoms with van der Waals surface area (Å²) in [7, 11) is 0. The van der Waals surface area contributed by atoms with E-state index in [0.717, 1.165) is 6.42 Å². The van der Waals surface area contributed by atoms with Crippen LogP contribution in [0.25, 0.3) is 0 Å². The van der Waals surface area contributed by atoms with Gasteiger partial charge < -0.3 is 10.6 Å². The predicted molar refractivity (Wildman–Crippen MR) is 49.0 cm³/mol. The molecule has 3 heteroatoms. The molecular weight excluding hydrogens is 152 g/mol. The van der Waals surface area contributed by atoms with Crippen LogP contribution in [0.2, 0.25) is 0 Å². The maximum Gasteiger partial charge on any atom is 0.315 e. The number of amides is 2. The van der Waals surface area contributed by atoms with Crippen LogP contribution in [0, 0.1) is 5.92 Å². The number of carbonyl (C=O) groups excluding carboxylic acids is 1. The van der Waals surface area contributed by atoms with Crippen LogP contribution in [0.5, 0.6) is 0 Å². The summed E-state index contributed by atoms with van der Waals surface area (Å²) in [5.74, 6) is 0.663. The van der Waals surface area contributed by atoms with Gasteiger partial charge in [-0.2, -0.15) is 0 Å². The lowest BCUT2D eigenvalue weighted by molar-refractivity contribution is 0.231. The normalized spacial score (nSPS) is 28.0. The van der Waals surface area contributed by atoms with E-state index < -0.39 is 0 Å². The molecular formula is C9H18N2O. The molecule has 1 fully saturated rings. The minimum absolute atomic E-state index is 0.0446. The second-order valence-electron chi connectivity index (χ2n) is 4.67. The first kappa shape index (κ1) is 9.36. The third-order valence-electron chi connectivity index (χ3n) is 1.91. The van der Waals surface area contributed by atoms with Gasteiger partial charge in [-0.05, 0) is 33.1 Å². The van der Waals surface area contributed by atoms with Crippen molar-refractivity contribution in [2.24, 2.45) is 5.92 Å². The van der Waals surface area contributed by atoms with Crippen LogP contribution >= 0.6 is 0 Å². The molecule has 0 aromatic heterocycles. The highest BCUT2D eigenvalue weighted by atomic mass is 16.2. The minimum Gasteiger partial charge on any atom is -0.335 e. The SMILES string of the molecule is CC1CC1NC(=O)NC(C)(C)C. The Morgan fingerprint density at radius 3 is 2.25 bits per heavy atom. The Bertz CT molecular complexity index is 183. The third-order valence-corrected chi connectivity index (χ3v) is 1.91. The zero-order valence-corrected chi connectivity index (χ0v) is 8.27. The van der Waals surface area contributed by atoms with Crippen LogP contribution in [-0.4, -0.2) is 17.6 Å². The molecule has 0 aromatic carbocycles. The van der Waals surface area contributed by atoms with Gasteiger partial charge in [-0.25, -0.2) is 4.79 Å². The van der Waals surface area contributed by atoms with Crippen molar-refractivity contribution in [2.75, 3.05) is 0 Å². The van der Waals surface area contributed by atoms with Gasteiger partial charge >= 0.3 is 6.03 Å². The molecule has 1 aliphatic rings. The fourth-order valence-electron chi connectivity index (χ4n) is 1.07. The Morgan fingerprint density at radius 1 is 1.42 bits per heavy atom. The van der Waals surface area contributed by atoms with Crippen molar-refractivity contribution in [3.8, 4) is 0 Å². The van der Waals surface area contributed by atoms with E-state index in [1.165, 1.54) is 0 Å². The van der Waals surface area contributed by atoms with Gasteiger partial charge in [0.2, 0.25) is 0 Å². The molecule has 0 spiro atoms. The van der Waals surface area contributed by atoms with Gasteiger partial charge in [0.15, 0.2) is 0 Å². The summed E-state index contributed by atoms with van der Waals surface area (Å²) in [6.07, 6.45) is 1.12. The van der Waals surface area contributed by atoms with Crippen LogP contribution in [0.15, 0.2) is 0 Å². The molecule has 70 valence electrons. The van der Waals surface area contributed by atoms with Crippen molar-refractivity contribution in [1.29, 1.82) is 0 Å². The summed E-state index contributed by atoms with van der Waals surface area (Å²) in [6.45, 7) is 8.07. The van der Waals surface area contributed by atoms with Crippen LogP contribution in [0.4, 0.5) is 4.79 Å². The van der Waals surface area contributed by atoms with Gasteiger partial charge in [-0.3, -0.25) is 0 Å². The van der Waals surface area contributed by atoms with Crippen LogP contribution in [0.3, 0.4) is 0 Å². The van der Waals surface area contributed by atoms with Gasteiger partial charge in [-0.1, -0.05) is 6.92 Å². The molecule has 2 amide bonds. The first-order chi connectivity index (χ1) is 5.38. The Labute approximate surface area is 73.9 Å². The predicted octanol–water partition coefficient (Wildman–Crippen LogP) is 1.49. The first-order valence-electron chi connectivity index (χ1n) is 4.47. The molecule has 3 nitrogen and oxygen atoms in total. The molecule has 1 saturated carbocycles. The molecule has 0 aromatic rings. The van der Waals surface area contributed by atoms with E-state index in [-0.39, 0.29) is 11.6 Å². The molecule has 0 saturated heterocycles. The van der Waals surface area contributed by atoms with E-state index in [1.54, 1.807) is 0 Å². The van der Waals surface area contributed by atoms with E-state index in [2.05, 4.69) is 17.6 Å². The molecule has 2 atom stereocenters. The third kappa shape index (κ3) is 3.11. The highest BCUT2D eigenvalue weighted by Gasteiger charge is 2.34. The summed E-state index contributed by atoms with van der Waals surface area (Å²) < 4.78 is 0. The smallest absolute Gasteiger partial charge is 0.315 e. The zero-order valence-electron chi connectivity index (χ0n) is 8.27. The standard InChI is InChI=1S/C9H18N2O/c1-6-5-7(6)10-8(12)11-9(2,3)4/h6-7H,5H2,1-4H3,(H2,10,11,12). The molecule has 2 unspecified atom stereocenters. The van der Waals surface area contributed by atoms with Crippen LogP contribution in [-0.2, 0) is 0 Å². The Kier molecular flexibility index (Phi) is 2.31. The molecule has 1 aliphatic carbocycles. The lowest BCUT2D eigenvalue weighted by Crippen LogP contribution is -2.47. The Morgan fingerprint density at radius 2 is 1.92 bits per heavy atom. The molecule has 0 radical (unpaired) electrons. The van der Waals surface area contributed by atoms with E-state index in [9.17, 15) is 4.79 Å². The Hall–Kier alpha value is -0.730. The van der Waals surface area contributed by atoms with Gasteiger partial charge in [-0.15, -0.1) is 0 Å². The molecule has 2 N–H and O–H groups in total. The summed E-state index contributed by atoms with van der Waals surface area (Å²) >= 11 is 0. The van der Waals surface area contributed by atoms with E-state index >= 15 is 0 Å². The van der Waals surface area contributed by atoms with Gasteiger partial charge in [0.05, 0.1) is 0 Å². The number of rotatable bonds is 1. The summed E-state index contributed by atoms with van der Waals surface area (Å²) in [4.78, 5) is 11.2. The first-order valence-corrected chi connectivity index (χ1v) is 4.47. The van der Waals surface area contributed by atoms with Crippen molar-refractivity contribution in [1.82, 2.24) is 10.6 Å². The molecule has 1 rings (SSSR count). The second kappa shape index (κ2) is 2.96. The fraction of sp³-hybridized carbons (Fsp3) is 0.889. The summed E-state index contributed by atoms with van der Waals surface area (Å²) in [6, 6.07) is 0.365. The largest absolute Gasteiger partial charge is 0.335 e. The number of urea groups is 1. The highest BCUT2D eigenvalue weighted by molar-refractivity contribution is 5.75. The lowest BCUT2D eigenvalue weighted by atomic mass is 10.1. The van der Waals surface area contributed by atoms with E-state index in [0.29, 0.717) is 12.0 Å². The van der Waals surface area contributed by atoms with Crippen molar-refractivity contribution in [2.45, 2.75) is 45.7 Å². The summed E-state index contributed by atoms with van der Waals surface area (Å²) in [5, 5.41) is 5.77. The zero-order chi connectivity index (χ0) is 9.35. The monoisotopic (exact) mass is 170 g/mol. The maximum atomic E-state index is 11.2. The number of nitrogens with one attached hydrogen (secondary N) is 2. The van der Waals surface area contributed by atoms with Crippen molar-refractivity contribution < 1.29 is 4.79 Å². The molecule has 0 aliphatic heterocycles. The molecule has 0 bridgehead atoms. The summed E-state index contributed by atoms with van der Waals surface area (Å²) in [5.41, 5.74) is -0.137. The van der Waals surface area contributed by atoms with Gasteiger partial charge in [0.1, 0.15) is 0 Å². The highest BCUT2D eigenvalue weighted by Crippen LogP contribution is 2.28. The minimum atomic E-state index is -0.137. The molecule has 0 heterocycles. The van der Waals surface area contributed by atoms with Crippen LogP contribution < -0.4 is 10.6 Å². The number of hydrogen-bond donors (Lipinski definition) is 2. The van der Waals surface area contributed by atoms with Crippen molar-refractivity contribution in [3.05, 3.63) is 0 Å².